The van der Waals surface area contributed by atoms with Crippen LogP contribution in [0.25, 0.3) is 16.9 Å². The molecule has 0 N–H and O–H groups in total. The molecule has 4 rings (SSSR count). The summed E-state index contributed by atoms with van der Waals surface area (Å²) in [5.74, 6) is -0.265. The van der Waals surface area contributed by atoms with Crippen molar-refractivity contribution in [3.05, 3.63) is 92.1 Å². The monoisotopic (exact) mass is 426 g/mol. The third-order valence-corrected chi connectivity index (χ3v) is 5.03. The highest BCUT2D eigenvalue weighted by atomic mass is 35.5. The maximum Gasteiger partial charge on any atom is 0.337 e. The largest absolute Gasteiger partial charge is 0.337 e. The van der Waals surface area contributed by atoms with Gasteiger partial charge in [-0.15, -0.1) is 0 Å². The molecule has 2 aromatic heterocycles. The first kappa shape index (κ1) is 20.1. The van der Waals surface area contributed by atoms with Crippen LogP contribution in [0, 0.1) is 11.7 Å². The van der Waals surface area contributed by atoms with Crippen molar-refractivity contribution in [2.24, 2.45) is 5.92 Å². The Kier molecular flexibility index (Phi) is 5.30. The molecule has 0 radical (unpaired) electrons. The Labute approximate surface area is 176 Å². The number of nitrogens with zero attached hydrogens (tertiary/aromatic N) is 4. The molecule has 2 aromatic carbocycles. The maximum absolute atomic E-state index is 13.6. The van der Waals surface area contributed by atoms with E-state index in [0.717, 1.165) is 0 Å². The van der Waals surface area contributed by atoms with Gasteiger partial charge in [-0.25, -0.2) is 18.7 Å². The van der Waals surface area contributed by atoms with Crippen LogP contribution < -0.4 is 11.2 Å². The quantitative estimate of drug-likeness (QED) is 0.487. The van der Waals surface area contributed by atoms with E-state index in [1.54, 1.807) is 41.0 Å². The molecule has 6 nitrogen and oxygen atoms in total. The highest BCUT2D eigenvalue weighted by molar-refractivity contribution is 6.30. The zero-order chi connectivity index (χ0) is 21.4. The molecule has 4 aromatic rings. The lowest BCUT2D eigenvalue weighted by Gasteiger charge is -2.14. The predicted octanol–water partition coefficient (Wildman–Crippen LogP) is 3.85. The summed E-state index contributed by atoms with van der Waals surface area (Å²) in [7, 11) is 0. The standard InChI is InChI=1S/C22H20ClFN4O2/c1-14(2)11-27-21(29)19-20(28(22(27)30)18-8-6-16(23)7-9-18)25-13-26(19)12-15-4-3-5-17(24)10-15/h3-10,13-14H,11-12H2,1-2H3. The van der Waals surface area contributed by atoms with Gasteiger partial charge in [-0.3, -0.25) is 9.36 Å². The summed E-state index contributed by atoms with van der Waals surface area (Å²) in [6, 6.07) is 12.9. The Bertz CT molecular complexity index is 1340. The van der Waals surface area contributed by atoms with Crippen LogP contribution in [0.3, 0.4) is 0 Å². The van der Waals surface area contributed by atoms with Crippen molar-refractivity contribution >= 4 is 22.8 Å². The van der Waals surface area contributed by atoms with Gasteiger partial charge in [0.2, 0.25) is 0 Å². The minimum absolute atomic E-state index is 0.0890. The summed E-state index contributed by atoms with van der Waals surface area (Å²) in [6.45, 7) is 4.40. The third-order valence-electron chi connectivity index (χ3n) is 4.77. The van der Waals surface area contributed by atoms with E-state index in [0.29, 0.717) is 16.3 Å². The van der Waals surface area contributed by atoms with Crippen LogP contribution in [-0.4, -0.2) is 18.7 Å². The Morgan fingerprint density at radius 3 is 2.50 bits per heavy atom. The van der Waals surface area contributed by atoms with Gasteiger partial charge in [0, 0.05) is 18.1 Å². The molecule has 0 fully saturated rings. The molecule has 0 aliphatic carbocycles. The number of halogens is 2. The topological polar surface area (TPSA) is 61.8 Å². The highest BCUT2D eigenvalue weighted by Crippen LogP contribution is 2.17. The molecule has 0 aliphatic heterocycles. The van der Waals surface area contributed by atoms with Gasteiger partial charge in [-0.1, -0.05) is 37.6 Å². The van der Waals surface area contributed by atoms with Gasteiger partial charge >= 0.3 is 5.69 Å². The van der Waals surface area contributed by atoms with E-state index in [9.17, 15) is 14.0 Å². The number of imidazole rings is 1. The maximum atomic E-state index is 13.6. The van der Waals surface area contributed by atoms with Crippen molar-refractivity contribution in [1.82, 2.24) is 18.7 Å². The fourth-order valence-corrected chi connectivity index (χ4v) is 3.61. The van der Waals surface area contributed by atoms with Crippen molar-refractivity contribution in [3.63, 3.8) is 0 Å². The average molecular weight is 427 g/mol. The van der Waals surface area contributed by atoms with Crippen LogP contribution in [0.5, 0.6) is 0 Å². The van der Waals surface area contributed by atoms with Crippen LogP contribution in [0.15, 0.2) is 64.4 Å². The van der Waals surface area contributed by atoms with Crippen molar-refractivity contribution in [3.8, 4) is 5.69 Å². The summed E-state index contributed by atoms with van der Waals surface area (Å²) >= 11 is 6.00. The Hall–Kier alpha value is -3.19. The van der Waals surface area contributed by atoms with Crippen molar-refractivity contribution in [2.75, 3.05) is 0 Å². The first-order valence-corrected chi connectivity index (χ1v) is 9.94. The highest BCUT2D eigenvalue weighted by Gasteiger charge is 2.20. The molecule has 0 atom stereocenters. The number of hydrogen-bond acceptors (Lipinski definition) is 3. The van der Waals surface area contributed by atoms with E-state index in [1.807, 2.05) is 13.8 Å². The van der Waals surface area contributed by atoms with Gasteiger partial charge in [0.05, 0.1) is 12.0 Å². The predicted molar refractivity (Wildman–Crippen MR) is 115 cm³/mol. The van der Waals surface area contributed by atoms with Gasteiger partial charge in [0.25, 0.3) is 5.56 Å². The molecule has 0 bridgehead atoms. The van der Waals surface area contributed by atoms with Crippen molar-refractivity contribution in [1.29, 1.82) is 0 Å². The van der Waals surface area contributed by atoms with Gasteiger partial charge in [0.15, 0.2) is 11.2 Å². The zero-order valence-electron chi connectivity index (χ0n) is 16.5. The second-order valence-corrected chi connectivity index (χ2v) is 8.02. The molecular formula is C22H20ClFN4O2. The van der Waals surface area contributed by atoms with Crippen LogP contribution >= 0.6 is 11.6 Å². The van der Waals surface area contributed by atoms with E-state index in [4.69, 9.17) is 11.6 Å². The molecule has 0 aliphatic rings. The average Bonchev–Trinajstić information content (AvgIpc) is 3.10. The summed E-state index contributed by atoms with van der Waals surface area (Å²) in [5.41, 5.74) is 0.914. The SMILES string of the molecule is CC(C)Cn1c(=O)c2c(ncn2Cc2cccc(F)c2)n(-c2ccc(Cl)cc2)c1=O. The zero-order valence-corrected chi connectivity index (χ0v) is 17.3. The Morgan fingerprint density at radius 1 is 1.10 bits per heavy atom. The molecule has 30 heavy (non-hydrogen) atoms. The number of aromatic nitrogens is 4. The summed E-state index contributed by atoms with van der Waals surface area (Å²) in [5, 5.41) is 0.537. The first-order chi connectivity index (χ1) is 14.3. The molecule has 0 saturated heterocycles. The van der Waals surface area contributed by atoms with Crippen LogP contribution in [0.2, 0.25) is 5.02 Å². The third kappa shape index (κ3) is 3.68. The summed E-state index contributed by atoms with van der Waals surface area (Å²) in [6.07, 6.45) is 1.50. The van der Waals surface area contributed by atoms with Gasteiger partial charge in [-0.2, -0.15) is 0 Å². The second kappa shape index (κ2) is 7.91. The fraction of sp³-hybridized carbons (Fsp3) is 0.227. The molecule has 154 valence electrons. The molecular weight excluding hydrogens is 407 g/mol. The molecule has 0 saturated carbocycles. The molecule has 0 unspecified atom stereocenters. The van der Waals surface area contributed by atoms with E-state index < -0.39 is 11.2 Å². The van der Waals surface area contributed by atoms with E-state index in [1.165, 1.54) is 27.6 Å². The molecule has 0 spiro atoms. The first-order valence-electron chi connectivity index (χ1n) is 9.56. The Morgan fingerprint density at radius 2 is 1.83 bits per heavy atom. The molecule has 0 amide bonds. The van der Waals surface area contributed by atoms with Crippen LogP contribution in [-0.2, 0) is 13.1 Å². The molecule has 8 heteroatoms. The lowest BCUT2D eigenvalue weighted by atomic mass is 10.2. The van der Waals surface area contributed by atoms with Crippen molar-refractivity contribution < 1.29 is 4.39 Å². The van der Waals surface area contributed by atoms with Gasteiger partial charge in [0.1, 0.15) is 5.82 Å². The van der Waals surface area contributed by atoms with E-state index in [2.05, 4.69) is 4.98 Å². The smallest absolute Gasteiger partial charge is 0.320 e. The van der Waals surface area contributed by atoms with Gasteiger partial charge in [-0.05, 0) is 47.9 Å². The van der Waals surface area contributed by atoms with Crippen molar-refractivity contribution in [2.45, 2.75) is 26.9 Å². The molecule has 2 heterocycles. The second-order valence-electron chi connectivity index (χ2n) is 7.58. The number of hydrogen-bond donors (Lipinski definition) is 0. The Balaban J connectivity index is 1.99. The van der Waals surface area contributed by atoms with Crippen LogP contribution in [0.1, 0.15) is 19.4 Å². The van der Waals surface area contributed by atoms with Crippen LogP contribution in [0.4, 0.5) is 4.39 Å². The van der Waals surface area contributed by atoms with E-state index in [-0.39, 0.29) is 36.0 Å². The summed E-state index contributed by atoms with van der Waals surface area (Å²) < 4.78 is 17.9. The normalized spacial score (nSPS) is 11.5. The van der Waals surface area contributed by atoms with E-state index >= 15 is 0 Å². The summed E-state index contributed by atoms with van der Waals surface area (Å²) in [4.78, 5) is 30.8. The number of fused-ring (bicyclic) bond motifs is 1. The minimum Gasteiger partial charge on any atom is -0.320 e. The lowest BCUT2D eigenvalue weighted by molar-refractivity contribution is 0.489. The number of benzene rings is 2. The lowest BCUT2D eigenvalue weighted by Crippen LogP contribution is -2.41. The van der Waals surface area contributed by atoms with Gasteiger partial charge < -0.3 is 4.57 Å². The minimum atomic E-state index is -0.459. The fourth-order valence-electron chi connectivity index (χ4n) is 3.48. The number of rotatable bonds is 5.